The highest BCUT2D eigenvalue weighted by molar-refractivity contribution is 5.94. The molecule has 0 aliphatic heterocycles. The Labute approximate surface area is 245 Å². The highest BCUT2D eigenvalue weighted by atomic mass is 19.1. The average Bonchev–Trinajstić information content (AvgIpc) is 3.29. The number of methoxy groups -OCH3 is 1. The van der Waals surface area contributed by atoms with Crippen LogP contribution in [0.25, 0.3) is 5.69 Å². The average molecular weight is 586 g/mol. The Morgan fingerprint density at radius 3 is 2.38 bits per heavy atom. The summed E-state index contributed by atoms with van der Waals surface area (Å²) in [6.45, 7) is 8.89. The van der Waals surface area contributed by atoms with Crippen molar-refractivity contribution in [3.8, 4) is 17.3 Å². The summed E-state index contributed by atoms with van der Waals surface area (Å²) in [5.74, 6) is -0.825. The normalized spacial score (nSPS) is 13.0. The lowest BCUT2D eigenvalue weighted by molar-refractivity contribution is -0.157. The van der Waals surface area contributed by atoms with E-state index < -0.39 is 35.5 Å². The Bertz CT molecular complexity index is 1350. The fraction of sp³-hybridized carbons (Fsp3) is 0.452. The van der Waals surface area contributed by atoms with Gasteiger partial charge in [0, 0.05) is 18.5 Å². The molecule has 2 aromatic carbocycles. The maximum atomic E-state index is 13.7. The summed E-state index contributed by atoms with van der Waals surface area (Å²) in [4.78, 5) is 25.4. The van der Waals surface area contributed by atoms with Gasteiger partial charge in [0.1, 0.15) is 23.8 Å². The number of carbonyl (C=O) groups excluding carboxylic acids is 2. The van der Waals surface area contributed by atoms with Gasteiger partial charge < -0.3 is 29.7 Å². The molecule has 2 atom stereocenters. The van der Waals surface area contributed by atoms with Crippen molar-refractivity contribution >= 4 is 11.9 Å². The van der Waals surface area contributed by atoms with Crippen LogP contribution in [0.2, 0.25) is 0 Å². The van der Waals surface area contributed by atoms with Crippen LogP contribution in [0.15, 0.2) is 48.5 Å². The topological polar surface area (TPSA) is 132 Å². The molecule has 0 saturated carbocycles. The number of carbonyl (C=O) groups is 2. The van der Waals surface area contributed by atoms with Crippen molar-refractivity contribution in [2.75, 3.05) is 13.7 Å². The minimum atomic E-state index is -1.15. The molecular weight excluding hydrogens is 545 g/mol. The number of hydrogen-bond donors (Lipinski definition) is 3. The Balaban J connectivity index is 1.83. The third-order valence-corrected chi connectivity index (χ3v) is 6.11. The Hall–Kier alpha value is -3.96. The molecule has 3 N–H and O–H groups in total. The van der Waals surface area contributed by atoms with Crippen LogP contribution < -0.4 is 14.8 Å². The number of esters is 1. The molecule has 1 amide bonds. The molecule has 0 radical (unpaired) electrons. The lowest BCUT2D eigenvalue weighted by Crippen LogP contribution is -2.29. The summed E-state index contributed by atoms with van der Waals surface area (Å²) >= 11 is 0. The minimum absolute atomic E-state index is 0.117. The highest BCUT2D eigenvalue weighted by Gasteiger charge is 2.28. The Morgan fingerprint density at radius 1 is 1.07 bits per heavy atom. The van der Waals surface area contributed by atoms with Gasteiger partial charge >= 0.3 is 5.97 Å². The summed E-state index contributed by atoms with van der Waals surface area (Å²) in [7, 11) is 1.56. The third-order valence-electron chi connectivity index (χ3n) is 6.11. The van der Waals surface area contributed by atoms with Crippen LogP contribution in [0.4, 0.5) is 4.39 Å². The van der Waals surface area contributed by atoms with Crippen molar-refractivity contribution in [1.82, 2.24) is 15.1 Å². The van der Waals surface area contributed by atoms with Crippen LogP contribution in [0.5, 0.6) is 11.6 Å². The van der Waals surface area contributed by atoms with Gasteiger partial charge in [-0.2, -0.15) is 5.10 Å². The number of halogens is 1. The number of nitrogens with zero attached hydrogens (tertiary/aromatic N) is 2. The van der Waals surface area contributed by atoms with Gasteiger partial charge in [-0.3, -0.25) is 9.59 Å². The number of aliphatic hydroxyl groups excluding tert-OH is 2. The van der Waals surface area contributed by atoms with Gasteiger partial charge in [0.05, 0.1) is 31.4 Å². The van der Waals surface area contributed by atoms with Gasteiger partial charge in [-0.1, -0.05) is 26.0 Å². The number of hydrogen-bond acceptors (Lipinski definition) is 8. The van der Waals surface area contributed by atoms with E-state index in [1.165, 1.54) is 28.9 Å². The third kappa shape index (κ3) is 9.28. The molecule has 3 aromatic rings. The maximum Gasteiger partial charge on any atom is 0.308 e. The molecule has 0 unspecified atom stereocenters. The Morgan fingerprint density at radius 2 is 1.76 bits per heavy atom. The fourth-order valence-electron chi connectivity index (χ4n) is 4.26. The van der Waals surface area contributed by atoms with Crippen LogP contribution in [0.1, 0.15) is 75.0 Å². The van der Waals surface area contributed by atoms with Crippen molar-refractivity contribution < 1.29 is 38.4 Å². The predicted molar refractivity (Wildman–Crippen MR) is 154 cm³/mol. The molecular formula is C31H40FN3O7. The van der Waals surface area contributed by atoms with Gasteiger partial charge in [-0.15, -0.1) is 0 Å². The fourth-order valence-corrected chi connectivity index (χ4v) is 4.26. The summed E-state index contributed by atoms with van der Waals surface area (Å²) < 4.78 is 31.6. The van der Waals surface area contributed by atoms with Crippen LogP contribution in [0.3, 0.4) is 0 Å². The SMILES string of the molecule is COc1cccc(CNC(=O)c2nn(-c3ccc(F)cc3)c(OC[C@@H](O)C[C@@H](O)CC(=O)OC(C)(C)C)c2C(C)C)c1. The lowest BCUT2D eigenvalue weighted by atomic mass is 10.0. The molecule has 0 spiro atoms. The van der Waals surface area contributed by atoms with E-state index >= 15 is 0 Å². The molecule has 1 aromatic heterocycles. The van der Waals surface area contributed by atoms with Crippen LogP contribution in [-0.4, -0.2) is 63.4 Å². The molecule has 0 fully saturated rings. The van der Waals surface area contributed by atoms with Crippen molar-refractivity contribution in [1.29, 1.82) is 0 Å². The number of nitrogens with one attached hydrogen (secondary N) is 1. The second-order valence-corrected chi connectivity index (χ2v) is 11.3. The number of amides is 1. The first-order valence-corrected chi connectivity index (χ1v) is 13.8. The van der Waals surface area contributed by atoms with E-state index in [1.54, 1.807) is 33.9 Å². The monoisotopic (exact) mass is 585 g/mol. The van der Waals surface area contributed by atoms with E-state index in [2.05, 4.69) is 10.4 Å². The van der Waals surface area contributed by atoms with E-state index in [4.69, 9.17) is 14.2 Å². The molecule has 3 rings (SSSR count). The first-order chi connectivity index (χ1) is 19.8. The van der Waals surface area contributed by atoms with Crippen LogP contribution in [-0.2, 0) is 16.1 Å². The van der Waals surface area contributed by atoms with E-state index in [1.807, 2.05) is 32.0 Å². The second kappa shape index (κ2) is 14.3. The van der Waals surface area contributed by atoms with Crippen molar-refractivity contribution in [3.63, 3.8) is 0 Å². The molecule has 0 bridgehead atoms. The van der Waals surface area contributed by atoms with Gasteiger partial charge in [-0.25, -0.2) is 9.07 Å². The van der Waals surface area contributed by atoms with Crippen molar-refractivity contribution in [2.24, 2.45) is 0 Å². The summed E-state index contributed by atoms with van der Waals surface area (Å²) in [5, 5.41) is 28.3. The molecule has 0 saturated heterocycles. The van der Waals surface area contributed by atoms with Gasteiger partial charge in [0.15, 0.2) is 5.69 Å². The van der Waals surface area contributed by atoms with Gasteiger partial charge in [-0.05, 0) is 68.7 Å². The number of aromatic nitrogens is 2. The number of aliphatic hydroxyl groups is 2. The lowest BCUT2D eigenvalue weighted by Gasteiger charge is -2.21. The van der Waals surface area contributed by atoms with E-state index in [9.17, 15) is 24.2 Å². The molecule has 11 heteroatoms. The molecule has 0 aliphatic rings. The zero-order valence-corrected chi connectivity index (χ0v) is 24.9. The largest absolute Gasteiger partial charge is 0.497 e. The summed E-state index contributed by atoms with van der Waals surface area (Å²) in [6, 6.07) is 12.8. The van der Waals surface area contributed by atoms with Gasteiger partial charge in [0.2, 0.25) is 5.88 Å². The number of ether oxygens (including phenoxy) is 3. The smallest absolute Gasteiger partial charge is 0.308 e. The molecule has 0 aliphatic carbocycles. The zero-order chi connectivity index (χ0) is 31.0. The Kier molecular flexibility index (Phi) is 11.1. The van der Waals surface area contributed by atoms with E-state index in [-0.39, 0.29) is 43.5 Å². The summed E-state index contributed by atoms with van der Waals surface area (Å²) in [6.07, 6.45) is -2.72. The first kappa shape index (κ1) is 32.6. The molecule has 42 heavy (non-hydrogen) atoms. The van der Waals surface area contributed by atoms with E-state index in [0.29, 0.717) is 17.0 Å². The molecule has 1 heterocycles. The standard InChI is InChI=1S/C31H40FN3O7/c1-19(2)27-28(29(39)33-17-20-8-7-9-25(14-20)40-6)34-35(22-12-10-21(32)11-13-22)30(27)41-18-24(37)15-23(36)16-26(38)42-31(3,4)5/h7-14,19,23-24,36-37H,15-18H2,1-6H3,(H,33,39)/t23-,24+/m1/s1. The summed E-state index contributed by atoms with van der Waals surface area (Å²) in [5.41, 5.74) is 1.19. The highest BCUT2D eigenvalue weighted by Crippen LogP contribution is 2.33. The van der Waals surface area contributed by atoms with Crippen molar-refractivity contribution in [3.05, 3.63) is 71.2 Å². The zero-order valence-electron chi connectivity index (χ0n) is 24.9. The number of benzene rings is 2. The maximum absolute atomic E-state index is 13.7. The first-order valence-electron chi connectivity index (χ1n) is 13.8. The second-order valence-electron chi connectivity index (χ2n) is 11.3. The molecule has 10 nitrogen and oxygen atoms in total. The molecule has 228 valence electrons. The number of rotatable bonds is 13. The van der Waals surface area contributed by atoms with Crippen LogP contribution >= 0.6 is 0 Å². The van der Waals surface area contributed by atoms with Gasteiger partial charge in [0.25, 0.3) is 5.91 Å². The van der Waals surface area contributed by atoms with E-state index in [0.717, 1.165) is 5.56 Å². The van der Waals surface area contributed by atoms with Crippen molar-refractivity contribution in [2.45, 2.75) is 77.7 Å². The minimum Gasteiger partial charge on any atom is -0.497 e. The predicted octanol–water partition coefficient (Wildman–Crippen LogP) is 4.30. The quantitative estimate of drug-likeness (QED) is 0.253. The van der Waals surface area contributed by atoms with Crippen LogP contribution in [0, 0.1) is 5.82 Å².